The first-order valence-corrected chi connectivity index (χ1v) is 10.4. The number of rotatable bonds is 4. The largest absolute Gasteiger partial charge is 0.298 e. The fraction of sp³-hybridized carbons (Fsp3) is 0.273. The highest BCUT2D eigenvalue weighted by atomic mass is 32.2. The van der Waals surface area contributed by atoms with Crippen molar-refractivity contribution in [3.63, 3.8) is 0 Å². The van der Waals surface area contributed by atoms with Crippen molar-refractivity contribution in [3.05, 3.63) is 64.4 Å². The number of ketones is 1. The van der Waals surface area contributed by atoms with E-state index < -0.39 is 5.41 Å². The number of carbonyl (C=O) groups is 1. The lowest BCUT2D eigenvalue weighted by Crippen LogP contribution is -2.23. The fourth-order valence-electron chi connectivity index (χ4n) is 3.05. The number of para-hydroxylation sites is 1. The summed E-state index contributed by atoms with van der Waals surface area (Å²) in [6, 6.07) is 15.1. The number of carbonyl (C=O) groups excluding carboxylic acids is 1. The van der Waals surface area contributed by atoms with Gasteiger partial charge in [0.2, 0.25) is 5.78 Å². The van der Waals surface area contributed by atoms with Crippen LogP contribution in [0.4, 0.5) is 0 Å². The first-order chi connectivity index (χ1) is 13.8. The average Bonchev–Trinajstić information content (AvgIpc) is 3.10. The summed E-state index contributed by atoms with van der Waals surface area (Å²) in [4.78, 5) is 25.7. The van der Waals surface area contributed by atoms with Crippen LogP contribution >= 0.6 is 11.8 Å². The van der Waals surface area contributed by atoms with E-state index in [-0.39, 0.29) is 11.3 Å². The van der Waals surface area contributed by atoms with Crippen molar-refractivity contribution >= 4 is 34.2 Å². The average molecular weight is 407 g/mol. The Bertz CT molecular complexity index is 1280. The smallest absolute Gasteiger partial charge is 0.267 e. The Morgan fingerprint density at radius 1 is 1.03 bits per heavy atom. The molecule has 0 N–H and O–H groups in total. The molecule has 7 heteroatoms. The number of hydrogen-bond acceptors (Lipinski definition) is 5. The minimum absolute atomic E-state index is 0.135. The Hall–Kier alpha value is -2.93. The molecule has 0 atom stereocenters. The van der Waals surface area contributed by atoms with E-state index in [0.29, 0.717) is 22.1 Å². The summed E-state index contributed by atoms with van der Waals surface area (Å²) >= 11 is 1.34. The van der Waals surface area contributed by atoms with Gasteiger partial charge in [0, 0.05) is 5.41 Å². The van der Waals surface area contributed by atoms with Gasteiger partial charge in [0.1, 0.15) is 5.78 Å². The lowest BCUT2D eigenvalue weighted by atomic mass is 9.92. The van der Waals surface area contributed by atoms with Crippen molar-refractivity contribution in [2.75, 3.05) is 5.75 Å². The summed E-state index contributed by atoms with van der Waals surface area (Å²) in [6.45, 7) is 7.72. The first-order valence-electron chi connectivity index (χ1n) is 9.39. The van der Waals surface area contributed by atoms with E-state index in [0.717, 1.165) is 16.8 Å². The maximum absolute atomic E-state index is 13.3. The Balaban J connectivity index is 1.94. The Kier molecular flexibility index (Phi) is 4.78. The number of aryl methyl sites for hydroxylation is 1. The van der Waals surface area contributed by atoms with Gasteiger partial charge < -0.3 is 0 Å². The van der Waals surface area contributed by atoms with Crippen LogP contribution in [-0.4, -0.2) is 30.7 Å². The second kappa shape index (κ2) is 7.15. The van der Waals surface area contributed by atoms with Crippen molar-refractivity contribution in [1.29, 1.82) is 0 Å². The Morgan fingerprint density at radius 2 is 1.72 bits per heavy atom. The summed E-state index contributed by atoms with van der Waals surface area (Å²) < 4.78 is 3.43. The molecule has 0 amide bonds. The zero-order valence-corrected chi connectivity index (χ0v) is 17.7. The van der Waals surface area contributed by atoms with Gasteiger partial charge in [0.25, 0.3) is 5.56 Å². The molecule has 0 radical (unpaired) electrons. The van der Waals surface area contributed by atoms with E-state index in [1.807, 2.05) is 74.6 Å². The molecule has 0 aliphatic carbocycles. The lowest BCUT2D eigenvalue weighted by molar-refractivity contribution is -0.123. The minimum atomic E-state index is -0.417. The summed E-state index contributed by atoms with van der Waals surface area (Å²) in [6.07, 6.45) is 0. The van der Waals surface area contributed by atoms with Crippen molar-refractivity contribution in [2.24, 2.45) is 5.41 Å². The van der Waals surface area contributed by atoms with Gasteiger partial charge in [-0.1, -0.05) is 62.4 Å². The normalized spacial score (nSPS) is 12.0. The van der Waals surface area contributed by atoms with Crippen LogP contribution in [0.2, 0.25) is 0 Å². The molecule has 148 valence electrons. The van der Waals surface area contributed by atoms with E-state index in [1.165, 1.54) is 11.8 Å². The maximum Gasteiger partial charge on any atom is 0.267 e. The molecule has 2 aromatic heterocycles. The highest BCUT2D eigenvalue weighted by molar-refractivity contribution is 7.99. The SMILES string of the molecule is Cc1ccc(-n2c(=O)c3ccccc3n3c(SCC(=O)C(C)(C)C)nnc23)cc1. The molecule has 2 heterocycles. The van der Waals surface area contributed by atoms with Crippen LogP contribution in [0.15, 0.2) is 58.5 Å². The second-order valence-corrected chi connectivity index (χ2v) is 9.02. The van der Waals surface area contributed by atoms with Gasteiger partial charge in [-0.05, 0) is 31.2 Å². The predicted octanol–water partition coefficient (Wildman–Crippen LogP) is 4.05. The molecule has 2 aromatic carbocycles. The van der Waals surface area contributed by atoms with E-state index in [4.69, 9.17) is 0 Å². The summed E-state index contributed by atoms with van der Waals surface area (Å²) in [5.41, 5.74) is 2.00. The monoisotopic (exact) mass is 406 g/mol. The molecule has 6 nitrogen and oxygen atoms in total. The van der Waals surface area contributed by atoms with Crippen LogP contribution in [0, 0.1) is 12.3 Å². The summed E-state index contributed by atoms with van der Waals surface area (Å²) in [5, 5.41) is 9.79. The predicted molar refractivity (Wildman–Crippen MR) is 116 cm³/mol. The highest BCUT2D eigenvalue weighted by Crippen LogP contribution is 2.25. The van der Waals surface area contributed by atoms with Gasteiger partial charge in [0.05, 0.1) is 22.3 Å². The molecule has 29 heavy (non-hydrogen) atoms. The fourth-order valence-corrected chi connectivity index (χ4v) is 4.15. The number of benzene rings is 2. The van der Waals surface area contributed by atoms with Gasteiger partial charge in [0.15, 0.2) is 5.16 Å². The third-order valence-corrected chi connectivity index (χ3v) is 5.78. The number of nitrogens with zero attached hydrogens (tertiary/aromatic N) is 4. The third kappa shape index (κ3) is 3.46. The topological polar surface area (TPSA) is 69.3 Å². The number of aromatic nitrogens is 4. The number of thioether (sulfide) groups is 1. The second-order valence-electron chi connectivity index (χ2n) is 8.07. The molecule has 4 rings (SSSR count). The minimum Gasteiger partial charge on any atom is -0.298 e. The van der Waals surface area contributed by atoms with Crippen LogP contribution in [0.25, 0.3) is 22.4 Å². The van der Waals surface area contributed by atoms with E-state index >= 15 is 0 Å². The first kappa shape index (κ1) is 19.4. The zero-order valence-electron chi connectivity index (χ0n) is 16.8. The van der Waals surface area contributed by atoms with E-state index in [9.17, 15) is 9.59 Å². The van der Waals surface area contributed by atoms with Gasteiger partial charge in [-0.15, -0.1) is 10.2 Å². The number of fused-ring (bicyclic) bond motifs is 3. The molecule has 0 saturated heterocycles. The third-order valence-electron chi connectivity index (χ3n) is 4.86. The van der Waals surface area contributed by atoms with Crippen molar-refractivity contribution in [2.45, 2.75) is 32.9 Å². The van der Waals surface area contributed by atoms with Crippen LogP contribution in [0.1, 0.15) is 26.3 Å². The highest BCUT2D eigenvalue weighted by Gasteiger charge is 2.23. The molecule has 0 saturated carbocycles. The quantitative estimate of drug-likeness (QED) is 0.478. The molecule has 0 aliphatic rings. The molecule has 0 spiro atoms. The number of Topliss-reactive ketones (excluding diaryl/α,β-unsaturated/α-hetero) is 1. The van der Waals surface area contributed by atoms with Crippen LogP contribution < -0.4 is 5.56 Å². The number of hydrogen-bond donors (Lipinski definition) is 0. The summed E-state index contributed by atoms with van der Waals surface area (Å²) in [5.74, 6) is 0.862. The Labute approximate surface area is 172 Å². The van der Waals surface area contributed by atoms with Gasteiger partial charge in [-0.25, -0.2) is 4.57 Å². The molecule has 4 aromatic rings. The van der Waals surface area contributed by atoms with Crippen LogP contribution in [0.3, 0.4) is 0 Å². The standard InChI is InChI=1S/C22H22N4O2S/c1-14-9-11-15(12-10-14)25-19(28)16-7-5-6-8-17(16)26-20(25)23-24-21(26)29-13-18(27)22(2,3)4/h5-12H,13H2,1-4H3. The zero-order chi connectivity index (χ0) is 20.8. The van der Waals surface area contributed by atoms with E-state index in [2.05, 4.69) is 10.2 Å². The molecule has 0 aliphatic heterocycles. The van der Waals surface area contributed by atoms with Crippen LogP contribution in [-0.2, 0) is 4.79 Å². The Morgan fingerprint density at radius 3 is 2.41 bits per heavy atom. The molecular formula is C22H22N4O2S. The van der Waals surface area contributed by atoms with Gasteiger partial charge in [-0.3, -0.25) is 14.0 Å². The molecular weight excluding hydrogens is 384 g/mol. The van der Waals surface area contributed by atoms with Crippen LogP contribution in [0.5, 0.6) is 0 Å². The molecule has 0 unspecified atom stereocenters. The molecule has 0 fully saturated rings. The summed E-state index contributed by atoms with van der Waals surface area (Å²) in [7, 11) is 0. The van der Waals surface area contributed by atoms with Gasteiger partial charge in [-0.2, -0.15) is 0 Å². The maximum atomic E-state index is 13.3. The molecule has 0 bridgehead atoms. The lowest BCUT2D eigenvalue weighted by Gasteiger charge is -2.15. The van der Waals surface area contributed by atoms with Gasteiger partial charge >= 0.3 is 0 Å². The van der Waals surface area contributed by atoms with Crippen molar-refractivity contribution in [1.82, 2.24) is 19.2 Å². The van der Waals surface area contributed by atoms with Crippen molar-refractivity contribution in [3.8, 4) is 5.69 Å². The van der Waals surface area contributed by atoms with Crippen molar-refractivity contribution < 1.29 is 4.79 Å². The van der Waals surface area contributed by atoms with E-state index in [1.54, 1.807) is 10.6 Å².